The average Bonchev–Trinajstić information content (AvgIpc) is 3.40. The van der Waals surface area contributed by atoms with E-state index in [-0.39, 0.29) is 0 Å². The Hall–Kier alpha value is -1.93. The minimum atomic E-state index is 0.543. The summed E-state index contributed by atoms with van der Waals surface area (Å²) in [6.07, 6.45) is 3.07. The van der Waals surface area contributed by atoms with Crippen LogP contribution in [0.1, 0.15) is 24.8 Å². The van der Waals surface area contributed by atoms with Gasteiger partial charge in [-0.3, -0.25) is 4.90 Å². The number of pyridine rings is 1. The monoisotopic (exact) mass is 444 g/mol. The van der Waals surface area contributed by atoms with Gasteiger partial charge in [-0.1, -0.05) is 30.7 Å². The fraction of sp³-hybridized carbons (Fsp3) is 0.286. The van der Waals surface area contributed by atoms with Gasteiger partial charge < -0.3 is 4.42 Å². The second-order valence-electron chi connectivity index (χ2n) is 6.69. The van der Waals surface area contributed by atoms with Crippen LogP contribution in [-0.2, 0) is 13.1 Å². The second kappa shape index (κ2) is 9.26. The fourth-order valence-corrected chi connectivity index (χ4v) is 4.47. The van der Waals surface area contributed by atoms with Crippen LogP contribution in [0.3, 0.4) is 0 Å². The maximum atomic E-state index is 6.52. The van der Waals surface area contributed by atoms with Crippen LogP contribution in [0.2, 0.25) is 5.15 Å². The van der Waals surface area contributed by atoms with E-state index < -0.39 is 0 Å². The number of hydrogen-bond acceptors (Lipinski definition) is 7. The van der Waals surface area contributed by atoms with E-state index in [0.29, 0.717) is 30.0 Å². The Morgan fingerprint density at radius 3 is 2.83 bits per heavy atom. The van der Waals surface area contributed by atoms with Crippen molar-refractivity contribution in [1.29, 1.82) is 0 Å². The number of thioether (sulfide) groups is 1. The number of nitrogens with zero attached hydrogens (tertiary/aromatic N) is 4. The Balaban J connectivity index is 1.54. The number of benzene rings is 1. The molecule has 0 fully saturated rings. The summed E-state index contributed by atoms with van der Waals surface area (Å²) in [4.78, 5) is 9.04. The molecule has 0 aliphatic rings. The van der Waals surface area contributed by atoms with Gasteiger partial charge in [0.05, 0.1) is 16.9 Å². The maximum absolute atomic E-state index is 6.52. The molecule has 0 unspecified atom stereocenters. The molecule has 0 spiro atoms. The minimum absolute atomic E-state index is 0.543. The van der Waals surface area contributed by atoms with Gasteiger partial charge in [0.25, 0.3) is 5.89 Å². The summed E-state index contributed by atoms with van der Waals surface area (Å²) in [7, 11) is 0. The molecule has 5 nitrogen and oxygen atoms in total. The van der Waals surface area contributed by atoms with Crippen molar-refractivity contribution in [3.05, 3.63) is 58.4 Å². The molecule has 8 heteroatoms. The molecule has 0 aliphatic carbocycles. The Morgan fingerprint density at radius 1 is 1.17 bits per heavy atom. The fourth-order valence-electron chi connectivity index (χ4n) is 3.18. The Bertz CT molecular complexity index is 1100. The van der Waals surface area contributed by atoms with Crippen LogP contribution >= 0.6 is 34.7 Å². The summed E-state index contributed by atoms with van der Waals surface area (Å²) in [6, 6.07) is 12.4. The van der Waals surface area contributed by atoms with E-state index in [1.807, 2.05) is 17.5 Å². The summed E-state index contributed by atoms with van der Waals surface area (Å²) >= 11 is 9.81. The van der Waals surface area contributed by atoms with Gasteiger partial charge in [0.1, 0.15) is 5.15 Å². The van der Waals surface area contributed by atoms with Crippen molar-refractivity contribution < 1.29 is 4.42 Å². The number of rotatable bonds is 8. The van der Waals surface area contributed by atoms with Gasteiger partial charge in [-0.15, -0.1) is 33.3 Å². The van der Waals surface area contributed by atoms with Crippen molar-refractivity contribution >= 4 is 45.6 Å². The average molecular weight is 445 g/mol. The van der Waals surface area contributed by atoms with Crippen molar-refractivity contribution in [2.75, 3.05) is 12.8 Å². The first-order valence-corrected chi connectivity index (χ1v) is 11.9. The zero-order valence-corrected chi connectivity index (χ0v) is 18.7. The molecule has 0 saturated heterocycles. The van der Waals surface area contributed by atoms with Gasteiger partial charge in [0, 0.05) is 22.4 Å². The molecule has 0 aliphatic heterocycles. The molecule has 3 heterocycles. The third-order valence-electron chi connectivity index (χ3n) is 4.54. The van der Waals surface area contributed by atoms with E-state index in [4.69, 9.17) is 16.0 Å². The van der Waals surface area contributed by atoms with Crippen LogP contribution in [0.15, 0.2) is 51.1 Å². The summed E-state index contributed by atoms with van der Waals surface area (Å²) in [5, 5.41) is 12.0. The smallest absolute Gasteiger partial charge is 0.257 e. The van der Waals surface area contributed by atoms with Gasteiger partial charge in [-0.25, -0.2) is 4.98 Å². The zero-order chi connectivity index (χ0) is 20.2. The van der Waals surface area contributed by atoms with Gasteiger partial charge in [0.15, 0.2) is 0 Å². The number of hydrogen-bond donors (Lipinski definition) is 0. The molecule has 0 atom stereocenters. The second-order valence-corrected chi connectivity index (χ2v) is 8.87. The number of fused-ring (bicyclic) bond motifs is 1. The summed E-state index contributed by atoms with van der Waals surface area (Å²) < 4.78 is 5.86. The van der Waals surface area contributed by atoms with E-state index in [1.165, 1.54) is 4.90 Å². The molecule has 150 valence electrons. The minimum Gasteiger partial charge on any atom is -0.419 e. The number of thiophene rings is 1. The highest BCUT2D eigenvalue weighted by atomic mass is 35.5. The highest BCUT2D eigenvalue weighted by molar-refractivity contribution is 7.98. The molecule has 4 rings (SSSR count). The van der Waals surface area contributed by atoms with Crippen molar-refractivity contribution in [2.24, 2.45) is 0 Å². The van der Waals surface area contributed by atoms with Gasteiger partial charge in [-0.2, -0.15) is 0 Å². The van der Waals surface area contributed by atoms with Crippen molar-refractivity contribution in [1.82, 2.24) is 20.1 Å². The zero-order valence-electron chi connectivity index (χ0n) is 16.3. The highest BCUT2D eigenvalue weighted by Crippen LogP contribution is 2.27. The molecular weight excluding hydrogens is 424 g/mol. The van der Waals surface area contributed by atoms with E-state index in [0.717, 1.165) is 34.3 Å². The molecule has 0 N–H and O–H groups in total. The Labute approximate surface area is 183 Å². The lowest BCUT2D eigenvalue weighted by Crippen LogP contribution is -2.24. The SMILES string of the molecule is CCCN(Cc1nnc(-c2cccs2)o1)Cc1cc2ccc(SC)cc2nc1Cl. The molecule has 0 bridgehead atoms. The van der Waals surface area contributed by atoms with Crippen LogP contribution in [0.4, 0.5) is 0 Å². The normalized spacial score (nSPS) is 11.6. The molecule has 0 saturated carbocycles. The lowest BCUT2D eigenvalue weighted by atomic mass is 10.1. The predicted octanol–water partition coefficient (Wildman–Crippen LogP) is 6.13. The standard InChI is InChI=1S/C21H21ClN4OS2/c1-3-8-26(13-19-24-25-21(27-19)18-5-4-9-29-18)12-15-10-14-6-7-16(28-2)11-17(14)23-20(15)22/h4-7,9-11H,3,8,12-13H2,1-2H3. The van der Waals surface area contributed by atoms with Gasteiger partial charge in [-0.05, 0) is 48.9 Å². The van der Waals surface area contributed by atoms with Crippen LogP contribution < -0.4 is 0 Å². The molecule has 0 radical (unpaired) electrons. The summed E-state index contributed by atoms with van der Waals surface area (Å²) in [5.74, 6) is 1.18. The van der Waals surface area contributed by atoms with Crippen molar-refractivity contribution in [3.63, 3.8) is 0 Å². The third-order valence-corrected chi connectivity index (χ3v) is 6.45. The van der Waals surface area contributed by atoms with E-state index in [2.05, 4.69) is 57.5 Å². The van der Waals surface area contributed by atoms with Crippen molar-refractivity contribution in [2.45, 2.75) is 31.3 Å². The molecule has 29 heavy (non-hydrogen) atoms. The molecular formula is C21H21ClN4OS2. The largest absolute Gasteiger partial charge is 0.419 e. The number of halogens is 1. The molecule has 3 aromatic heterocycles. The van der Waals surface area contributed by atoms with Gasteiger partial charge in [0.2, 0.25) is 5.89 Å². The first-order valence-electron chi connectivity index (χ1n) is 9.38. The lowest BCUT2D eigenvalue weighted by molar-refractivity contribution is 0.232. The van der Waals surface area contributed by atoms with Crippen LogP contribution in [0.5, 0.6) is 0 Å². The van der Waals surface area contributed by atoms with Crippen LogP contribution in [-0.4, -0.2) is 32.9 Å². The molecule has 0 amide bonds. The molecule has 4 aromatic rings. The van der Waals surface area contributed by atoms with E-state index >= 15 is 0 Å². The van der Waals surface area contributed by atoms with E-state index in [9.17, 15) is 0 Å². The highest BCUT2D eigenvalue weighted by Gasteiger charge is 2.16. The third kappa shape index (κ3) is 4.80. The topological polar surface area (TPSA) is 55.1 Å². The Morgan fingerprint density at radius 2 is 2.07 bits per heavy atom. The van der Waals surface area contributed by atoms with Crippen LogP contribution in [0.25, 0.3) is 21.7 Å². The lowest BCUT2D eigenvalue weighted by Gasteiger charge is -2.20. The quantitative estimate of drug-likeness (QED) is 0.240. The predicted molar refractivity (Wildman–Crippen MR) is 121 cm³/mol. The number of aromatic nitrogens is 3. The Kier molecular flexibility index (Phi) is 6.50. The van der Waals surface area contributed by atoms with E-state index in [1.54, 1.807) is 23.1 Å². The maximum Gasteiger partial charge on any atom is 0.257 e. The molecule has 1 aromatic carbocycles. The van der Waals surface area contributed by atoms with Crippen LogP contribution in [0, 0.1) is 0 Å². The summed E-state index contributed by atoms with van der Waals surface area (Å²) in [6.45, 7) is 4.31. The van der Waals surface area contributed by atoms with Crippen molar-refractivity contribution in [3.8, 4) is 10.8 Å². The summed E-state index contributed by atoms with van der Waals surface area (Å²) in [5.41, 5.74) is 1.92. The van der Waals surface area contributed by atoms with Gasteiger partial charge >= 0.3 is 0 Å². The first kappa shape index (κ1) is 20.3. The first-order chi connectivity index (χ1) is 14.2.